The van der Waals surface area contributed by atoms with Crippen LogP contribution in [0.15, 0.2) is 60.7 Å². The van der Waals surface area contributed by atoms with Crippen molar-refractivity contribution < 1.29 is 29.7 Å². The summed E-state index contributed by atoms with van der Waals surface area (Å²) < 4.78 is 0. The van der Waals surface area contributed by atoms with Crippen LogP contribution < -0.4 is 10.2 Å². The van der Waals surface area contributed by atoms with E-state index in [2.05, 4.69) is 9.97 Å². The van der Waals surface area contributed by atoms with Crippen molar-refractivity contribution in [2.24, 2.45) is 0 Å². The minimum absolute atomic E-state index is 0. The van der Waals surface area contributed by atoms with Crippen LogP contribution in [-0.4, -0.2) is 9.97 Å². The number of rotatable bonds is 2. The zero-order valence-corrected chi connectivity index (χ0v) is 15.9. The molecule has 2 aromatic carbocycles. The topological polar surface area (TPSA) is 71.9 Å². The van der Waals surface area contributed by atoms with Crippen LogP contribution in [0.5, 0.6) is 11.5 Å². The second kappa shape index (κ2) is 6.54. The second-order valence-corrected chi connectivity index (χ2v) is 5.44. The minimum Gasteiger partial charge on any atom is -0.871 e. The van der Waals surface area contributed by atoms with Gasteiger partial charge in [0, 0.05) is 17.8 Å². The molecular formula is C19H12N2O2Zn. The van der Waals surface area contributed by atoms with Crippen molar-refractivity contribution in [2.75, 3.05) is 0 Å². The van der Waals surface area contributed by atoms with Gasteiger partial charge in [-0.05, 0) is 22.9 Å². The Labute approximate surface area is 151 Å². The van der Waals surface area contributed by atoms with Crippen molar-refractivity contribution in [2.45, 2.75) is 6.42 Å². The Bertz CT molecular complexity index is 951. The molecule has 0 saturated carbocycles. The van der Waals surface area contributed by atoms with Crippen molar-refractivity contribution in [3.8, 4) is 11.5 Å². The molecule has 0 fully saturated rings. The van der Waals surface area contributed by atoms with Crippen LogP contribution in [0, 0.1) is 0 Å². The summed E-state index contributed by atoms with van der Waals surface area (Å²) in [5, 5.41) is 25.4. The van der Waals surface area contributed by atoms with E-state index in [9.17, 15) is 10.2 Å². The first-order valence-electron chi connectivity index (χ1n) is 7.32. The number of nitrogens with zero attached hydrogens (tertiary/aromatic N) is 2. The van der Waals surface area contributed by atoms with Crippen molar-refractivity contribution in [3.05, 3.63) is 72.1 Å². The fourth-order valence-corrected chi connectivity index (χ4v) is 2.70. The molecule has 2 heterocycles. The third-order valence-electron chi connectivity index (χ3n) is 3.84. The molecule has 112 valence electrons. The van der Waals surface area contributed by atoms with Gasteiger partial charge in [0.2, 0.25) is 0 Å². The number of benzene rings is 2. The zero-order valence-electron chi connectivity index (χ0n) is 12.9. The van der Waals surface area contributed by atoms with E-state index in [1.165, 1.54) is 12.1 Å². The Hall–Kier alpha value is -2.52. The molecule has 0 aliphatic rings. The third kappa shape index (κ3) is 2.95. The second-order valence-electron chi connectivity index (χ2n) is 5.44. The summed E-state index contributed by atoms with van der Waals surface area (Å²) in [6.45, 7) is 0. The summed E-state index contributed by atoms with van der Waals surface area (Å²) in [5.41, 5.74) is 2.46. The van der Waals surface area contributed by atoms with Gasteiger partial charge in [-0.15, -0.1) is 0 Å². The molecule has 0 spiro atoms. The molecule has 0 unspecified atom stereocenters. The maximum Gasteiger partial charge on any atom is 2.00 e. The van der Waals surface area contributed by atoms with Gasteiger partial charge >= 0.3 is 19.5 Å². The van der Waals surface area contributed by atoms with Crippen LogP contribution in [0.25, 0.3) is 21.8 Å². The van der Waals surface area contributed by atoms with Crippen molar-refractivity contribution in [1.82, 2.24) is 9.97 Å². The van der Waals surface area contributed by atoms with E-state index >= 15 is 0 Å². The van der Waals surface area contributed by atoms with Gasteiger partial charge in [0.25, 0.3) is 0 Å². The molecular weight excluding hydrogens is 354 g/mol. The first-order chi connectivity index (χ1) is 11.2. The Kier molecular flexibility index (Phi) is 4.45. The summed E-state index contributed by atoms with van der Waals surface area (Å²) in [7, 11) is 0. The summed E-state index contributed by atoms with van der Waals surface area (Å²) in [5.74, 6) is -0.171. The standard InChI is InChI=1S/C19H14N2O2.Zn/c22-16-5-1-3-12-7-9-14(20-18(12)16)11-15-10-8-13-4-2-6-17(23)19(13)21-15;/h1-10,22-23H,11H2;/q;+2/p-2. The van der Waals surface area contributed by atoms with Crippen LogP contribution in [0.1, 0.15) is 11.4 Å². The van der Waals surface area contributed by atoms with E-state index in [0.717, 1.165) is 22.2 Å². The molecule has 4 aromatic rings. The van der Waals surface area contributed by atoms with Crippen molar-refractivity contribution in [3.63, 3.8) is 0 Å². The molecule has 4 rings (SSSR count). The molecule has 0 aliphatic heterocycles. The zero-order chi connectivity index (χ0) is 15.8. The van der Waals surface area contributed by atoms with E-state index in [0.29, 0.717) is 17.5 Å². The van der Waals surface area contributed by atoms with Crippen LogP contribution in [0.2, 0.25) is 0 Å². The van der Waals surface area contributed by atoms with Crippen LogP contribution >= 0.6 is 0 Å². The van der Waals surface area contributed by atoms with Gasteiger partial charge < -0.3 is 10.2 Å². The molecule has 4 nitrogen and oxygen atoms in total. The van der Waals surface area contributed by atoms with Gasteiger partial charge in [-0.2, -0.15) is 0 Å². The SMILES string of the molecule is [O-]c1cccc2ccc(Cc3ccc4cccc([O-])c4n3)nc12.[Zn+2]. The van der Waals surface area contributed by atoms with Gasteiger partial charge in [-0.1, -0.05) is 60.0 Å². The van der Waals surface area contributed by atoms with Gasteiger partial charge in [0.1, 0.15) is 0 Å². The fraction of sp³-hybridized carbons (Fsp3) is 0.0526. The molecule has 24 heavy (non-hydrogen) atoms. The maximum atomic E-state index is 11.9. The average Bonchev–Trinajstić information content (AvgIpc) is 2.56. The monoisotopic (exact) mass is 364 g/mol. The van der Waals surface area contributed by atoms with Crippen molar-refractivity contribution >= 4 is 21.8 Å². The quantitative estimate of drug-likeness (QED) is 0.512. The summed E-state index contributed by atoms with van der Waals surface area (Å²) in [4.78, 5) is 8.88. The van der Waals surface area contributed by atoms with E-state index in [1.54, 1.807) is 12.1 Å². The third-order valence-corrected chi connectivity index (χ3v) is 3.84. The number of aromatic nitrogens is 2. The Morgan fingerprint density at radius 3 is 1.54 bits per heavy atom. The van der Waals surface area contributed by atoms with E-state index in [-0.39, 0.29) is 31.0 Å². The van der Waals surface area contributed by atoms with Gasteiger partial charge in [0.05, 0.1) is 11.0 Å². The minimum atomic E-state index is -0.0855. The van der Waals surface area contributed by atoms with E-state index in [4.69, 9.17) is 0 Å². The molecule has 0 N–H and O–H groups in total. The van der Waals surface area contributed by atoms with Crippen LogP contribution in [0.4, 0.5) is 0 Å². The van der Waals surface area contributed by atoms with Gasteiger partial charge in [0.15, 0.2) is 0 Å². The number of pyridine rings is 2. The normalized spacial score (nSPS) is 10.7. The van der Waals surface area contributed by atoms with Gasteiger partial charge in [-0.3, -0.25) is 9.97 Å². The predicted octanol–water partition coefficient (Wildman–Crippen LogP) is 2.52. The average molecular weight is 366 g/mol. The first kappa shape index (κ1) is 16.3. The smallest absolute Gasteiger partial charge is 0.871 e. The predicted molar refractivity (Wildman–Crippen MR) is 85.2 cm³/mol. The van der Waals surface area contributed by atoms with Crippen molar-refractivity contribution in [1.29, 1.82) is 0 Å². The molecule has 0 bridgehead atoms. The maximum absolute atomic E-state index is 11.9. The largest absolute Gasteiger partial charge is 2.00 e. The van der Waals surface area contributed by atoms with E-state index in [1.807, 2.05) is 36.4 Å². The summed E-state index contributed by atoms with van der Waals surface area (Å²) >= 11 is 0. The summed E-state index contributed by atoms with van der Waals surface area (Å²) in [6, 6.07) is 17.8. The molecule has 0 aliphatic carbocycles. The number of fused-ring (bicyclic) bond motifs is 2. The number of para-hydroxylation sites is 2. The van der Waals surface area contributed by atoms with Gasteiger partial charge in [-0.25, -0.2) is 0 Å². The molecule has 0 amide bonds. The fourth-order valence-electron chi connectivity index (χ4n) is 2.70. The molecule has 0 atom stereocenters. The van der Waals surface area contributed by atoms with Crippen LogP contribution in [-0.2, 0) is 25.9 Å². The molecule has 5 heteroatoms. The van der Waals surface area contributed by atoms with E-state index < -0.39 is 0 Å². The Balaban J connectivity index is 0.00000169. The number of hydrogen-bond acceptors (Lipinski definition) is 4. The number of hydrogen-bond donors (Lipinski definition) is 0. The molecule has 0 saturated heterocycles. The Morgan fingerprint density at radius 2 is 1.08 bits per heavy atom. The molecule has 2 aromatic heterocycles. The molecule has 0 radical (unpaired) electrons. The first-order valence-corrected chi connectivity index (χ1v) is 7.32. The summed E-state index contributed by atoms with van der Waals surface area (Å²) in [6.07, 6.45) is 0.481. The van der Waals surface area contributed by atoms with Crippen LogP contribution in [0.3, 0.4) is 0 Å². The Morgan fingerprint density at radius 1 is 0.625 bits per heavy atom.